The van der Waals surface area contributed by atoms with E-state index in [1.807, 2.05) is 13.8 Å². The largest absolute Gasteiger partial charge is 0.398 e. The summed E-state index contributed by atoms with van der Waals surface area (Å²) in [6.07, 6.45) is 0. The Morgan fingerprint density at radius 2 is 1.95 bits per heavy atom. The minimum atomic E-state index is -3.69. The molecule has 0 bridgehead atoms. The van der Waals surface area contributed by atoms with Crippen molar-refractivity contribution in [3.8, 4) is 0 Å². The van der Waals surface area contributed by atoms with Gasteiger partial charge in [0.05, 0.1) is 10.6 Å². The zero-order valence-corrected chi connectivity index (χ0v) is 14.4. The zero-order valence-electron chi connectivity index (χ0n) is 11.2. The van der Waals surface area contributed by atoms with E-state index in [9.17, 15) is 8.42 Å². The Bertz CT molecular complexity index is 750. The molecule has 0 atom stereocenters. The standard InChI is InChI=1S/C12H14BrN3O2S2/c1-6-4-9(13)10(14)5-11(6)20(17,18)16-12-15-7(2)8(3)19-12/h4-5H,14H2,1-3H3,(H,15,16). The number of hydrogen-bond acceptors (Lipinski definition) is 5. The minimum absolute atomic E-state index is 0.156. The summed E-state index contributed by atoms with van der Waals surface area (Å²) < 4.78 is 28.0. The summed E-state index contributed by atoms with van der Waals surface area (Å²) in [6.45, 7) is 5.46. The van der Waals surface area contributed by atoms with Crippen LogP contribution in [0.25, 0.3) is 0 Å². The third kappa shape index (κ3) is 2.97. The van der Waals surface area contributed by atoms with Gasteiger partial charge in [0.1, 0.15) is 0 Å². The highest BCUT2D eigenvalue weighted by atomic mass is 79.9. The topological polar surface area (TPSA) is 85.1 Å². The van der Waals surface area contributed by atoms with Crippen LogP contribution < -0.4 is 10.5 Å². The molecule has 0 aliphatic carbocycles. The van der Waals surface area contributed by atoms with Crippen molar-refractivity contribution in [1.29, 1.82) is 0 Å². The highest BCUT2D eigenvalue weighted by Gasteiger charge is 2.20. The molecule has 2 aromatic rings. The number of aromatic nitrogens is 1. The van der Waals surface area contributed by atoms with E-state index >= 15 is 0 Å². The molecule has 2 rings (SSSR count). The number of nitrogen functional groups attached to an aromatic ring is 1. The molecule has 0 unspecified atom stereocenters. The van der Waals surface area contributed by atoms with Gasteiger partial charge in [-0.25, -0.2) is 13.4 Å². The van der Waals surface area contributed by atoms with Crippen LogP contribution in [0.4, 0.5) is 10.8 Å². The molecule has 20 heavy (non-hydrogen) atoms. The molecule has 0 amide bonds. The lowest BCUT2D eigenvalue weighted by Gasteiger charge is -2.10. The fraction of sp³-hybridized carbons (Fsp3) is 0.250. The van der Waals surface area contributed by atoms with Gasteiger partial charge in [-0.05, 0) is 54.4 Å². The number of aryl methyl sites for hydroxylation is 3. The zero-order chi connectivity index (χ0) is 15.1. The number of rotatable bonds is 3. The van der Waals surface area contributed by atoms with Crippen LogP contribution in [0.15, 0.2) is 21.5 Å². The van der Waals surface area contributed by atoms with Gasteiger partial charge in [0, 0.05) is 15.0 Å². The van der Waals surface area contributed by atoms with Crippen molar-refractivity contribution in [2.45, 2.75) is 25.7 Å². The van der Waals surface area contributed by atoms with E-state index in [1.165, 1.54) is 17.4 Å². The summed E-state index contributed by atoms with van der Waals surface area (Å²) in [5.74, 6) is 0. The van der Waals surface area contributed by atoms with Crippen molar-refractivity contribution in [3.63, 3.8) is 0 Å². The SMILES string of the molecule is Cc1cc(Br)c(N)cc1S(=O)(=O)Nc1nc(C)c(C)s1. The first-order valence-electron chi connectivity index (χ1n) is 5.73. The molecular formula is C12H14BrN3O2S2. The molecule has 5 nitrogen and oxygen atoms in total. The molecule has 0 fully saturated rings. The Labute approximate surface area is 130 Å². The van der Waals surface area contributed by atoms with Crippen molar-refractivity contribution in [3.05, 3.63) is 32.7 Å². The predicted molar refractivity (Wildman–Crippen MR) is 85.7 cm³/mol. The summed E-state index contributed by atoms with van der Waals surface area (Å²) >= 11 is 4.58. The van der Waals surface area contributed by atoms with Gasteiger partial charge in [-0.1, -0.05) is 0 Å². The van der Waals surface area contributed by atoms with E-state index in [0.717, 1.165) is 10.6 Å². The lowest BCUT2D eigenvalue weighted by molar-refractivity contribution is 0.600. The van der Waals surface area contributed by atoms with Crippen LogP contribution in [0.1, 0.15) is 16.1 Å². The molecule has 0 saturated carbocycles. The number of nitrogens with one attached hydrogen (secondary N) is 1. The highest BCUT2D eigenvalue weighted by Crippen LogP contribution is 2.29. The van der Waals surface area contributed by atoms with Gasteiger partial charge < -0.3 is 5.73 Å². The number of sulfonamides is 1. The average molecular weight is 376 g/mol. The molecule has 0 aliphatic heterocycles. The molecule has 0 radical (unpaired) electrons. The Morgan fingerprint density at radius 3 is 2.50 bits per heavy atom. The maximum absolute atomic E-state index is 12.4. The first-order valence-corrected chi connectivity index (χ1v) is 8.82. The van der Waals surface area contributed by atoms with Crippen molar-refractivity contribution < 1.29 is 8.42 Å². The number of thiazole rings is 1. The van der Waals surface area contributed by atoms with Crippen LogP contribution in [0.2, 0.25) is 0 Å². The van der Waals surface area contributed by atoms with Crippen molar-refractivity contribution in [2.75, 3.05) is 10.5 Å². The second-order valence-corrected chi connectivity index (χ2v) is 8.11. The number of nitrogens with two attached hydrogens (primary N) is 1. The van der Waals surface area contributed by atoms with Gasteiger partial charge in [-0.2, -0.15) is 0 Å². The molecule has 1 heterocycles. The minimum Gasteiger partial charge on any atom is -0.398 e. The molecule has 0 aliphatic rings. The Kier molecular flexibility index (Phi) is 4.08. The van der Waals surface area contributed by atoms with Gasteiger partial charge in [-0.15, -0.1) is 11.3 Å². The lowest BCUT2D eigenvalue weighted by atomic mass is 10.2. The second kappa shape index (κ2) is 5.34. The monoisotopic (exact) mass is 375 g/mol. The van der Waals surface area contributed by atoms with E-state index in [1.54, 1.807) is 13.0 Å². The molecule has 108 valence electrons. The van der Waals surface area contributed by atoms with Gasteiger partial charge in [0.2, 0.25) is 0 Å². The van der Waals surface area contributed by atoms with Crippen LogP contribution in [-0.2, 0) is 10.0 Å². The lowest BCUT2D eigenvalue weighted by Crippen LogP contribution is -2.14. The van der Waals surface area contributed by atoms with E-state index in [0.29, 0.717) is 20.9 Å². The average Bonchev–Trinajstić information content (AvgIpc) is 2.61. The van der Waals surface area contributed by atoms with Crippen molar-refractivity contribution >= 4 is 48.1 Å². The number of hydrogen-bond donors (Lipinski definition) is 2. The quantitative estimate of drug-likeness (QED) is 0.806. The molecule has 3 N–H and O–H groups in total. The fourth-order valence-electron chi connectivity index (χ4n) is 1.64. The number of halogens is 1. The molecule has 0 spiro atoms. The summed E-state index contributed by atoms with van der Waals surface area (Å²) in [4.78, 5) is 5.32. The van der Waals surface area contributed by atoms with Crippen LogP contribution in [-0.4, -0.2) is 13.4 Å². The van der Waals surface area contributed by atoms with Crippen LogP contribution >= 0.6 is 27.3 Å². The Balaban J connectivity index is 2.43. The summed E-state index contributed by atoms with van der Waals surface area (Å²) in [7, 11) is -3.69. The summed E-state index contributed by atoms with van der Waals surface area (Å²) in [6, 6.07) is 3.12. The third-order valence-electron chi connectivity index (χ3n) is 2.83. The smallest absolute Gasteiger partial charge is 0.264 e. The second-order valence-electron chi connectivity index (χ2n) is 4.41. The van der Waals surface area contributed by atoms with Gasteiger partial charge in [0.25, 0.3) is 10.0 Å². The molecule has 0 saturated heterocycles. The maximum Gasteiger partial charge on any atom is 0.264 e. The predicted octanol–water partition coefficient (Wildman–Crippen LogP) is 3.21. The molecule has 1 aromatic heterocycles. The molecule has 1 aromatic carbocycles. The summed E-state index contributed by atoms with van der Waals surface area (Å²) in [5.41, 5.74) is 7.57. The van der Waals surface area contributed by atoms with Crippen LogP contribution in [0.5, 0.6) is 0 Å². The third-order valence-corrected chi connectivity index (χ3v) is 6.12. The molecular weight excluding hydrogens is 362 g/mol. The van der Waals surface area contributed by atoms with Crippen molar-refractivity contribution in [1.82, 2.24) is 4.98 Å². The first kappa shape index (κ1) is 15.3. The van der Waals surface area contributed by atoms with E-state index < -0.39 is 10.0 Å². The van der Waals surface area contributed by atoms with Crippen molar-refractivity contribution in [2.24, 2.45) is 0 Å². The summed E-state index contributed by atoms with van der Waals surface area (Å²) in [5, 5.41) is 0.362. The van der Waals surface area contributed by atoms with E-state index in [-0.39, 0.29) is 4.90 Å². The number of benzene rings is 1. The van der Waals surface area contributed by atoms with E-state index in [4.69, 9.17) is 5.73 Å². The van der Waals surface area contributed by atoms with Crippen LogP contribution in [0, 0.1) is 20.8 Å². The Morgan fingerprint density at radius 1 is 1.30 bits per heavy atom. The number of anilines is 2. The van der Waals surface area contributed by atoms with Gasteiger partial charge >= 0.3 is 0 Å². The normalized spacial score (nSPS) is 11.6. The van der Waals surface area contributed by atoms with E-state index in [2.05, 4.69) is 25.6 Å². The molecule has 8 heteroatoms. The highest BCUT2D eigenvalue weighted by molar-refractivity contribution is 9.10. The fourth-order valence-corrected chi connectivity index (χ4v) is 4.41. The van der Waals surface area contributed by atoms with Gasteiger partial charge in [0.15, 0.2) is 5.13 Å². The first-order chi connectivity index (χ1) is 9.20. The Hall–Kier alpha value is -1.12. The van der Waals surface area contributed by atoms with Gasteiger partial charge in [-0.3, -0.25) is 4.72 Å². The maximum atomic E-state index is 12.4. The van der Waals surface area contributed by atoms with Crippen LogP contribution in [0.3, 0.4) is 0 Å². The number of nitrogens with zero attached hydrogens (tertiary/aromatic N) is 1.